The lowest BCUT2D eigenvalue weighted by Crippen LogP contribution is -2.47. The van der Waals surface area contributed by atoms with E-state index in [1.165, 1.54) is 0 Å². The molecule has 3 N–H and O–H groups in total. The first-order chi connectivity index (χ1) is 7.85. The molecule has 0 radical (unpaired) electrons. The number of rotatable bonds is 4. The van der Waals surface area contributed by atoms with E-state index in [2.05, 4.69) is 9.46 Å². The molecule has 0 saturated heterocycles. The molecule has 1 aliphatic rings. The molecule has 0 bridgehead atoms. The van der Waals surface area contributed by atoms with Gasteiger partial charge in [-0.2, -0.15) is 13.1 Å². The zero-order valence-corrected chi connectivity index (χ0v) is 9.99. The monoisotopic (exact) mass is 266 g/mol. The van der Waals surface area contributed by atoms with E-state index in [4.69, 9.17) is 5.11 Å². The average molecular weight is 266 g/mol. The van der Waals surface area contributed by atoms with Crippen LogP contribution in [-0.4, -0.2) is 38.7 Å². The summed E-state index contributed by atoms with van der Waals surface area (Å²) in [6, 6.07) is -0.699. The van der Waals surface area contributed by atoms with Crippen LogP contribution in [0.1, 0.15) is 19.3 Å². The van der Waals surface area contributed by atoms with Gasteiger partial charge in [0.15, 0.2) is 0 Å². The Kier molecular flexibility index (Phi) is 4.29. The first kappa shape index (κ1) is 13.7. The molecule has 0 aromatic rings. The molecule has 0 aromatic heterocycles. The Hall–Kier alpha value is -1.35. The highest BCUT2D eigenvalue weighted by Gasteiger charge is 2.35. The summed E-state index contributed by atoms with van der Waals surface area (Å²) in [7, 11) is -3.05. The number of carboxylic acid groups (broad SMARTS) is 1. The van der Waals surface area contributed by atoms with E-state index in [0.29, 0.717) is 19.3 Å². The highest BCUT2D eigenvalue weighted by Crippen LogP contribution is 2.26. The molecule has 2 atom stereocenters. The number of ether oxygens (including phenoxy) is 1. The van der Waals surface area contributed by atoms with Crippen molar-refractivity contribution in [1.29, 1.82) is 0 Å². The maximum atomic E-state index is 11.4. The smallest absolute Gasteiger partial charge is 0.421 e. The van der Waals surface area contributed by atoms with Gasteiger partial charge in [0.25, 0.3) is 0 Å². The fourth-order valence-corrected chi connectivity index (χ4v) is 2.82. The molecular weight excluding hydrogens is 252 g/mol. The second kappa shape index (κ2) is 5.32. The van der Waals surface area contributed by atoms with Crippen LogP contribution in [0.15, 0.2) is 0 Å². The maximum Gasteiger partial charge on any atom is 0.421 e. The molecular formula is C8H14N2O6S. The van der Waals surface area contributed by atoms with Gasteiger partial charge in [-0.05, 0) is 12.8 Å². The van der Waals surface area contributed by atoms with Crippen LogP contribution >= 0.6 is 0 Å². The number of methoxy groups -OCH3 is 1. The fourth-order valence-electron chi connectivity index (χ4n) is 1.78. The molecule has 9 heteroatoms. The van der Waals surface area contributed by atoms with E-state index in [-0.39, 0.29) is 0 Å². The molecule has 0 aliphatic heterocycles. The first-order valence-electron chi connectivity index (χ1n) is 4.96. The summed E-state index contributed by atoms with van der Waals surface area (Å²) in [5.41, 5.74) is 0. The number of hydrogen-bond donors (Lipinski definition) is 3. The van der Waals surface area contributed by atoms with Crippen LogP contribution in [0.2, 0.25) is 0 Å². The standard InChI is InChI=1S/C8H14N2O6S/c1-16-8(13)10-17(14,15)9-6-4-2-3-5(6)7(11)12/h5-6,9H,2-4H2,1H3,(H,10,13)(H,11,12). The molecule has 1 saturated carbocycles. The summed E-state index contributed by atoms with van der Waals surface area (Å²) in [5, 5.41) is 8.86. The van der Waals surface area contributed by atoms with Gasteiger partial charge in [-0.25, -0.2) is 9.52 Å². The summed E-state index contributed by atoms with van der Waals surface area (Å²) in [4.78, 5) is 21.6. The lowest BCUT2D eigenvalue weighted by Gasteiger charge is -2.17. The van der Waals surface area contributed by atoms with Gasteiger partial charge in [0.05, 0.1) is 13.0 Å². The van der Waals surface area contributed by atoms with Crippen molar-refractivity contribution in [2.24, 2.45) is 5.92 Å². The highest BCUT2D eigenvalue weighted by atomic mass is 32.2. The minimum atomic E-state index is -4.08. The Morgan fingerprint density at radius 2 is 2.00 bits per heavy atom. The number of carbonyl (C=O) groups is 2. The topological polar surface area (TPSA) is 122 Å². The lowest BCUT2D eigenvalue weighted by molar-refractivity contribution is -0.141. The number of carbonyl (C=O) groups excluding carboxylic acids is 1. The minimum Gasteiger partial charge on any atom is -0.481 e. The fraction of sp³-hybridized carbons (Fsp3) is 0.750. The zero-order chi connectivity index (χ0) is 13.1. The van der Waals surface area contributed by atoms with Gasteiger partial charge >= 0.3 is 22.3 Å². The van der Waals surface area contributed by atoms with Gasteiger partial charge < -0.3 is 9.84 Å². The van der Waals surface area contributed by atoms with Gasteiger partial charge in [-0.15, -0.1) is 0 Å². The molecule has 1 fully saturated rings. The molecule has 1 aliphatic carbocycles. The second-order valence-electron chi connectivity index (χ2n) is 3.70. The van der Waals surface area contributed by atoms with Crippen molar-refractivity contribution in [2.75, 3.05) is 7.11 Å². The van der Waals surface area contributed by atoms with Gasteiger partial charge in [-0.1, -0.05) is 6.42 Å². The Morgan fingerprint density at radius 1 is 1.35 bits per heavy atom. The third kappa shape index (κ3) is 3.86. The number of hydrogen-bond acceptors (Lipinski definition) is 5. The normalized spacial score (nSPS) is 24.3. The molecule has 2 unspecified atom stereocenters. The molecule has 1 amide bonds. The van der Waals surface area contributed by atoms with E-state index in [1.807, 2.05) is 0 Å². The van der Waals surface area contributed by atoms with Crippen LogP contribution < -0.4 is 9.44 Å². The third-order valence-corrected chi connectivity index (χ3v) is 3.59. The summed E-state index contributed by atoms with van der Waals surface area (Å²) >= 11 is 0. The lowest BCUT2D eigenvalue weighted by atomic mass is 10.1. The molecule has 0 heterocycles. The highest BCUT2D eigenvalue weighted by molar-refractivity contribution is 7.88. The van der Waals surface area contributed by atoms with E-state index in [9.17, 15) is 18.0 Å². The van der Waals surface area contributed by atoms with Crippen molar-refractivity contribution in [3.8, 4) is 0 Å². The van der Waals surface area contributed by atoms with Crippen molar-refractivity contribution in [1.82, 2.24) is 9.44 Å². The predicted octanol–water partition coefficient (Wildman–Crippen LogP) is -0.570. The van der Waals surface area contributed by atoms with Gasteiger partial charge in [-0.3, -0.25) is 4.79 Å². The number of nitrogens with one attached hydrogen (secondary N) is 2. The summed E-state index contributed by atoms with van der Waals surface area (Å²) < 4.78 is 30.7. The van der Waals surface area contributed by atoms with Crippen LogP contribution in [0.3, 0.4) is 0 Å². The Bertz CT molecular complexity index is 406. The van der Waals surface area contributed by atoms with Crippen molar-refractivity contribution >= 4 is 22.3 Å². The van der Waals surface area contributed by atoms with Crippen LogP contribution in [0.25, 0.3) is 0 Å². The van der Waals surface area contributed by atoms with Crippen molar-refractivity contribution in [2.45, 2.75) is 25.3 Å². The van der Waals surface area contributed by atoms with Crippen molar-refractivity contribution in [3.05, 3.63) is 0 Å². The van der Waals surface area contributed by atoms with Crippen molar-refractivity contribution < 1.29 is 27.9 Å². The molecule has 98 valence electrons. The van der Waals surface area contributed by atoms with E-state index < -0.39 is 34.2 Å². The largest absolute Gasteiger partial charge is 0.481 e. The summed E-state index contributed by atoms with van der Waals surface area (Å²) in [6.07, 6.45) is 0.352. The van der Waals surface area contributed by atoms with E-state index in [0.717, 1.165) is 7.11 Å². The van der Waals surface area contributed by atoms with Crippen LogP contribution in [0.5, 0.6) is 0 Å². The average Bonchev–Trinajstić information content (AvgIpc) is 2.64. The van der Waals surface area contributed by atoms with Gasteiger partial charge in [0, 0.05) is 6.04 Å². The van der Waals surface area contributed by atoms with Crippen LogP contribution in [0.4, 0.5) is 4.79 Å². The van der Waals surface area contributed by atoms with Crippen molar-refractivity contribution in [3.63, 3.8) is 0 Å². The Balaban J connectivity index is 2.64. The molecule has 0 aromatic carbocycles. The van der Waals surface area contributed by atoms with Gasteiger partial charge in [0.2, 0.25) is 0 Å². The summed E-state index contributed by atoms with van der Waals surface area (Å²) in [6.45, 7) is 0. The number of carboxylic acids is 1. The SMILES string of the molecule is COC(=O)NS(=O)(=O)NC1CCCC1C(=O)O. The number of amides is 1. The molecule has 8 nitrogen and oxygen atoms in total. The number of aliphatic carboxylic acids is 1. The molecule has 1 rings (SSSR count). The Morgan fingerprint density at radius 3 is 2.53 bits per heavy atom. The molecule has 0 spiro atoms. The van der Waals surface area contributed by atoms with Gasteiger partial charge in [0.1, 0.15) is 0 Å². The predicted molar refractivity (Wildman–Crippen MR) is 56.4 cm³/mol. The second-order valence-corrected chi connectivity index (χ2v) is 5.14. The molecule has 17 heavy (non-hydrogen) atoms. The van der Waals surface area contributed by atoms with Crippen LogP contribution in [-0.2, 0) is 19.7 Å². The first-order valence-corrected chi connectivity index (χ1v) is 6.45. The van der Waals surface area contributed by atoms with E-state index in [1.54, 1.807) is 4.72 Å². The minimum absolute atomic E-state index is 0.417. The zero-order valence-electron chi connectivity index (χ0n) is 9.17. The summed E-state index contributed by atoms with van der Waals surface area (Å²) in [5.74, 6) is -1.81. The van der Waals surface area contributed by atoms with Crippen LogP contribution in [0, 0.1) is 5.92 Å². The Labute approximate surface area is 98.5 Å². The van der Waals surface area contributed by atoms with E-state index >= 15 is 0 Å². The maximum absolute atomic E-state index is 11.4. The quantitative estimate of drug-likeness (QED) is 0.626. The third-order valence-electron chi connectivity index (χ3n) is 2.54.